The molecule has 2 unspecified atom stereocenters. The number of carbonyl (C=O) groups excluding carboxylic acids is 3. The third-order valence-corrected chi connectivity index (χ3v) is 4.13. The van der Waals surface area contributed by atoms with Crippen LogP contribution in [0.4, 0.5) is 0 Å². The van der Waals surface area contributed by atoms with E-state index < -0.39 is 23.9 Å². The van der Waals surface area contributed by atoms with Gasteiger partial charge in [0.15, 0.2) is 6.04 Å². The van der Waals surface area contributed by atoms with Crippen LogP contribution in [-0.2, 0) is 20.9 Å². The number of nitrogens with one attached hydrogen (secondary N) is 2. The summed E-state index contributed by atoms with van der Waals surface area (Å²) >= 11 is 0. The van der Waals surface area contributed by atoms with Gasteiger partial charge in [0, 0.05) is 13.1 Å². The van der Waals surface area contributed by atoms with Crippen LogP contribution in [0.5, 0.6) is 0 Å². The maximum Gasteiger partial charge on any atom is 0.253 e. The summed E-state index contributed by atoms with van der Waals surface area (Å²) in [6.45, 7) is 4.46. The third kappa shape index (κ3) is 4.34. The molecule has 2 N–H and O–H groups in total. The van der Waals surface area contributed by atoms with Crippen molar-refractivity contribution < 1.29 is 14.4 Å². The van der Waals surface area contributed by atoms with Crippen LogP contribution >= 0.6 is 0 Å². The minimum atomic E-state index is -1.09. The number of unbranched alkanes of at least 4 members (excludes halogenated alkanes) is 2. The molecule has 6 nitrogen and oxygen atoms in total. The van der Waals surface area contributed by atoms with Crippen LogP contribution in [0.3, 0.4) is 0 Å². The molecule has 0 spiro atoms. The van der Waals surface area contributed by atoms with E-state index in [4.69, 9.17) is 0 Å². The fraction of sp³-hybridized carbons (Fsp3) is 0.500. The van der Waals surface area contributed by atoms with Crippen LogP contribution in [0.25, 0.3) is 0 Å². The summed E-state index contributed by atoms with van der Waals surface area (Å²) in [5, 5.41) is 5.35. The van der Waals surface area contributed by atoms with Crippen LogP contribution in [0.1, 0.15) is 38.7 Å². The summed E-state index contributed by atoms with van der Waals surface area (Å²) in [4.78, 5) is 38.6. The van der Waals surface area contributed by atoms with Crippen LogP contribution in [0, 0.1) is 0 Å². The van der Waals surface area contributed by atoms with E-state index in [1.807, 2.05) is 30.3 Å². The number of carbonyl (C=O) groups is 3. The van der Waals surface area contributed by atoms with E-state index in [2.05, 4.69) is 17.6 Å². The van der Waals surface area contributed by atoms with Crippen LogP contribution in [0.2, 0.25) is 0 Å². The summed E-state index contributed by atoms with van der Waals surface area (Å²) < 4.78 is 0. The lowest BCUT2D eigenvalue weighted by atomic mass is 10.1. The van der Waals surface area contributed by atoms with E-state index in [1.165, 1.54) is 4.90 Å². The Bertz CT molecular complexity index is 588. The van der Waals surface area contributed by atoms with E-state index in [0.29, 0.717) is 13.1 Å². The number of benzene rings is 1. The van der Waals surface area contributed by atoms with Crippen molar-refractivity contribution in [3.63, 3.8) is 0 Å². The molecular formula is C18H25N3O3. The largest absolute Gasteiger partial charge is 0.350 e. The van der Waals surface area contributed by atoms with E-state index in [9.17, 15) is 14.4 Å². The normalized spacial score (nSPS) is 20.7. The number of nitrogens with zero attached hydrogens (tertiary/aromatic N) is 1. The standard InChI is InChI=1S/C18H25N3O3/c1-3-4-8-11-21-15(17(23)20-13(2)18(21)24)16(22)19-12-14-9-6-5-7-10-14/h5-7,9-10,13,15H,3-4,8,11-12H2,1-2H3,(H,19,22)(H,20,23). The van der Waals surface area contributed by atoms with Gasteiger partial charge in [0.05, 0.1) is 0 Å². The summed E-state index contributed by atoms with van der Waals surface area (Å²) in [6, 6.07) is 7.79. The van der Waals surface area contributed by atoms with Crippen LogP contribution < -0.4 is 10.6 Å². The molecule has 2 rings (SSSR count). The monoisotopic (exact) mass is 331 g/mol. The lowest BCUT2D eigenvalue weighted by Gasteiger charge is -2.37. The first-order valence-electron chi connectivity index (χ1n) is 8.47. The van der Waals surface area contributed by atoms with Gasteiger partial charge in [-0.1, -0.05) is 50.1 Å². The smallest absolute Gasteiger partial charge is 0.253 e. The SMILES string of the molecule is CCCCCN1C(=O)C(C)NC(=O)C1C(=O)NCc1ccccc1. The molecule has 0 aromatic heterocycles. The number of hydrogen-bond acceptors (Lipinski definition) is 3. The van der Waals surface area contributed by atoms with Crippen molar-refractivity contribution in [1.82, 2.24) is 15.5 Å². The fourth-order valence-corrected chi connectivity index (χ4v) is 2.79. The van der Waals surface area contributed by atoms with E-state index in [-0.39, 0.29) is 5.91 Å². The van der Waals surface area contributed by atoms with Crippen molar-refractivity contribution in [2.75, 3.05) is 6.54 Å². The van der Waals surface area contributed by atoms with Gasteiger partial charge < -0.3 is 15.5 Å². The van der Waals surface area contributed by atoms with Gasteiger partial charge in [-0.05, 0) is 18.9 Å². The van der Waals surface area contributed by atoms with Gasteiger partial charge in [0.2, 0.25) is 5.91 Å². The Morgan fingerprint density at radius 3 is 2.58 bits per heavy atom. The van der Waals surface area contributed by atoms with Gasteiger partial charge in [-0.25, -0.2) is 0 Å². The molecule has 1 saturated heterocycles. The second-order valence-corrected chi connectivity index (χ2v) is 6.07. The number of rotatable bonds is 7. The van der Waals surface area contributed by atoms with Gasteiger partial charge in [0.25, 0.3) is 11.8 Å². The molecule has 0 aliphatic carbocycles. The average molecular weight is 331 g/mol. The quantitative estimate of drug-likeness (QED) is 0.582. The molecule has 0 radical (unpaired) electrons. The van der Waals surface area contributed by atoms with Crippen molar-refractivity contribution in [1.29, 1.82) is 0 Å². The maximum absolute atomic E-state index is 12.5. The lowest BCUT2D eigenvalue weighted by Crippen LogP contribution is -2.66. The minimum absolute atomic E-state index is 0.203. The van der Waals surface area contributed by atoms with Crippen molar-refractivity contribution in [3.8, 4) is 0 Å². The summed E-state index contributed by atoms with van der Waals surface area (Å²) in [6.07, 6.45) is 2.75. The Morgan fingerprint density at radius 1 is 1.21 bits per heavy atom. The summed E-state index contributed by atoms with van der Waals surface area (Å²) in [5.74, 6) is -1.05. The first-order valence-corrected chi connectivity index (χ1v) is 8.47. The Labute approximate surface area is 142 Å². The average Bonchev–Trinajstić information content (AvgIpc) is 2.58. The highest BCUT2D eigenvalue weighted by atomic mass is 16.2. The van der Waals surface area contributed by atoms with Gasteiger partial charge in [-0.3, -0.25) is 14.4 Å². The van der Waals surface area contributed by atoms with Crippen molar-refractivity contribution in [2.45, 2.75) is 51.7 Å². The number of amides is 3. The van der Waals surface area contributed by atoms with Crippen molar-refractivity contribution in [3.05, 3.63) is 35.9 Å². The van der Waals surface area contributed by atoms with E-state index in [0.717, 1.165) is 24.8 Å². The molecule has 1 aliphatic heterocycles. The zero-order valence-electron chi connectivity index (χ0n) is 14.2. The molecule has 6 heteroatoms. The first-order chi connectivity index (χ1) is 11.5. The van der Waals surface area contributed by atoms with Crippen molar-refractivity contribution >= 4 is 17.7 Å². The lowest BCUT2D eigenvalue weighted by molar-refractivity contribution is -0.154. The predicted octanol–water partition coefficient (Wildman–Crippen LogP) is 1.21. The zero-order chi connectivity index (χ0) is 17.5. The molecule has 130 valence electrons. The van der Waals surface area contributed by atoms with Crippen molar-refractivity contribution in [2.24, 2.45) is 0 Å². The summed E-state index contributed by atoms with van der Waals surface area (Å²) in [7, 11) is 0. The Kier molecular flexibility index (Phi) is 6.35. The van der Waals surface area contributed by atoms with Gasteiger partial charge in [0.1, 0.15) is 6.04 Å². The van der Waals surface area contributed by atoms with Gasteiger partial charge in [-0.2, -0.15) is 0 Å². The highest BCUT2D eigenvalue weighted by Gasteiger charge is 2.42. The topological polar surface area (TPSA) is 78.5 Å². The van der Waals surface area contributed by atoms with Crippen LogP contribution in [-0.4, -0.2) is 41.2 Å². The molecule has 3 amide bonds. The van der Waals surface area contributed by atoms with E-state index in [1.54, 1.807) is 6.92 Å². The molecule has 24 heavy (non-hydrogen) atoms. The minimum Gasteiger partial charge on any atom is -0.350 e. The molecule has 1 aromatic rings. The Morgan fingerprint density at radius 2 is 1.92 bits per heavy atom. The van der Waals surface area contributed by atoms with Gasteiger partial charge in [-0.15, -0.1) is 0 Å². The second kappa shape index (κ2) is 8.47. The highest BCUT2D eigenvalue weighted by molar-refractivity contribution is 6.10. The molecule has 1 aromatic carbocycles. The second-order valence-electron chi connectivity index (χ2n) is 6.07. The maximum atomic E-state index is 12.5. The van der Waals surface area contributed by atoms with E-state index >= 15 is 0 Å². The summed E-state index contributed by atoms with van der Waals surface area (Å²) in [5.41, 5.74) is 0.944. The first kappa shape index (κ1) is 18.0. The van der Waals surface area contributed by atoms with Crippen LogP contribution in [0.15, 0.2) is 30.3 Å². The number of hydrogen-bond donors (Lipinski definition) is 2. The highest BCUT2D eigenvalue weighted by Crippen LogP contribution is 2.13. The molecule has 0 bridgehead atoms. The Balaban J connectivity index is 2.05. The molecule has 1 fully saturated rings. The molecule has 0 saturated carbocycles. The Hall–Kier alpha value is -2.37. The fourth-order valence-electron chi connectivity index (χ4n) is 2.79. The molecular weight excluding hydrogens is 306 g/mol. The third-order valence-electron chi connectivity index (χ3n) is 4.13. The molecule has 1 heterocycles. The number of piperazine rings is 1. The molecule has 2 atom stereocenters. The molecule has 1 aliphatic rings. The zero-order valence-corrected chi connectivity index (χ0v) is 14.2. The predicted molar refractivity (Wildman–Crippen MR) is 90.9 cm³/mol. The van der Waals surface area contributed by atoms with Gasteiger partial charge >= 0.3 is 0 Å².